The molecule has 1 unspecified atom stereocenters. The topological polar surface area (TPSA) is 29.0 Å². The first-order chi connectivity index (χ1) is 7.13. The Bertz CT molecular complexity index is 328. The van der Waals surface area contributed by atoms with E-state index in [-0.39, 0.29) is 0 Å². The van der Waals surface area contributed by atoms with Crippen LogP contribution in [0.5, 0.6) is 0 Å². The summed E-state index contributed by atoms with van der Waals surface area (Å²) in [5.74, 6) is 1.80. The predicted octanol–water partition coefficient (Wildman–Crippen LogP) is 1.94. The van der Waals surface area contributed by atoms with Gasteiger partial charge in [-0.3, -0.25) is 4.90 Å². The Kier molecular flexibility index (Phi) is 3.00. The molecule has 1 saturated heterocycles. The first-order valence-corrected chi connectivity index (χ1v) is 5.67. The lowest BCUT2D eigenvalue weighted by Gasteiger charge is -2.14. The van der Waals surface area contributed by atoms with Gasteiger partial charge in [-0.15, -0.1) is 0 Å². The van der Waals surface area contributed by atoms with Crippen LogP contribution in [0.2, 0.25) is 0 Å². The van der Waals surface area contributed by atoms with Gasteiger partial charge in [-0.25, -0.2) is 9.97 Å². The molecule has 1 atom stereocenters. The van der Waals surface area contributed by atoms with E-state index in [4.69, 9.17) is 0 Å². The fraction of sp³-hybridized carbons (Fsp3) is 0.667. The van der Waals surface area contributed by atoms with Crippen molar-refractivity contribution in [3.05, 3.63) is 23.3 Å². The van der Waals surface area contributed by atoms with Crippen LogP contribution in [-0.2, 0) is 6.54 Å². The van der Waals surface area contributed by atoms with E-state index in [9.17, 15) is 0 Å². The Labute approximate surface area is 91.5 Å². The number of hydrogen-bond donors (Lipinski definition) is 0. The molecule has 0 radical (unpaired) electrons. The largest absolute Gasteiger partial charge is 0.296 e. The van der Waals surface area contributed by atoms with Crippen molar-refractivity contribution in [2.45, 2.75) is 33.7 Å². The lowest BCUT2D eigenvalue weighted by Crippen LogP contribution is -2.21. The van der Waals surface area contributed by atoms with Crippen molar-refractivity contribution in [3.8, 4) is 0 Å². The van der Waals surface area contributed by atoms with Gasteiger partial charge in [-0.1, -0.05) is 6.92 Å². The molecule has 15 heavy (non-hydrogen) atoms. The lowest BCUT2D eigenvalue weighted by molar-refractivity contribution is 0.311. The lowest BCUT2D eigenvalue weighted by atomic mass is 10.2. The molecule has 3 heteroatoms. The molecular weight excluding hydrogens is 186 g/mol. The minimum absolute atomic E-state index is 0.830. The summed E-state index contributed by atoms with van der Waals surface area (Å²) in [7, 11) is 0. The summed E-state index contributed by atoms with van der Waals surface area (Å²) in [5.41, 5.74) is 2.15. The maximum Gasteiger partial charge on any atom is 0.142 e. The van der Waals surface area contributed by atoms with Gasteiger partial charge < -0.3 is 0 Å². The predicted molar refractivity (Wildman–Crippen MR) is 60.6 cm³/mol. The van der Waals surface area contributed by atoms with Crippen LogP contribution in [0.3, 0.4) is 0 Å². The number of aryl methyl sites for hydroxylation is 2. The standard InChI is InChI=1S/C12H19N3/c1-9-4-5-15(7-9)8-12-13-10(2)6-11(3)14-12/h6,9H,4-5,7-8H2,1-3H3. The maximum absolute atomic E-state index is 4.47. The molecule has 1 aromatic rings. The van der Waals surface area contributed by atoms with Gasteiger partial charge in [0.25, 0.3) is 0 Å². The van der Waals surface area contributed by atoms with E-state index in [0.29, 0.717) is 0 Å². The molecule has 1 aromatic heterocycles. The molecule has 0 aromatic carbocycles. The molecule has 2 rings (SSSR count). The second kappa shape index (κ2) is 4.27. The van der Waals surface area contributed by atoms with Crippen LogP contribution in [0.15, 0.2) is 6.07 Å². The van der Waals surface area contributed by atoms with Gasteiger partial charge in [0.2, 0.25) is 0 Å². The molecule has 1 fully saturated rings. The Morgan fingerprint density at radius 2 is 2.00 bits per heavy atom. The van der Waals surface area contributed by atoms with Gasteiger partial charge in [0.05, 0.1) is 6.54 Å². The SMILES string of the molecule is Cc1cc(C)nc(CN2CCC(C)C2)n1. The fourth-order valence-corrected chi connectivity index (χ4v) is 2.24. The van der Waals surface area contributed by atoms with Crippen LogP contribution in [0, 0.1) is 19.8 Å². The van der Waals surface area contributed by atoms with Crippen molar-refractivity contribution in [1.82, 2.24) is 14.9 Å². The smallest absolute Gasteiger partial charge is 0.142 e. The minimum atomic E-state index is 0.830. The second-order valence-corrected chi connectivity index (χ2v) is 4.70. The zero-order chi connectivity index (χ0) is 10.8. The molecule has 82 valence electrons. The van der Waals surface area contributed by atoms with Crippen LogP contribution >= 0.6 is 0 Å². The Hall–Kier alpha value is -0.960. The van der Waals surface area contributed by atoms with Crippen molar-refractivity contribution in [2.75, 3.05) is 13.1 Å². The monoisotopic (exact) mass is 205 g/mol. The van der Waals surface area contributed by atoms with Crippen molar-refractivity contribution in [1.29, 1.82) is 0 Å². The molecule has 0 bridgehead atoms. The molecular formula is C12H19N3. The molecule has 2 heterocycles. The Morgan fingerprint density at radius 1 is 1.33 bits per heavy atom. The summed E-state index contributed by atoms with van der Waals surface area (Å²) in [5, 5.41) is 0. The van der Waals surface area contributed by atoms with Gasteiger partial charge in [0.1, 0.15) is 5.82 Å². The average molecular weight is 205 g/mol. The van der Waals surface area contributed by atoms with E-state index in [2.05, 4.69) is 21.8 Å². The molecule has 1 aliphatic heterocycles. The van der Waals surface area contributed by atoms with E-state index in [1.807, 2.05) is 19.9 Å². The molecule has 0 N–H and O–H groups in total. The third kappa shape index (κ3) is 2.75. The van der Waals surface area contributed by atoms with E-state index in [1.165, 1.54) is 19.5 Å². The van der Waals surface area contributed by atoms with Crippen molar-refractivity contribution < 1.29 is 0 Å². The third-order valence-corrected chi connectivity index (χ3v) is 2.90. The highest BCUT2D eigenvalue weighted by Gasteiger charge is 2.19. The number of likely N-dealkylation sites (tertiary alicyclic amines) is 1. The number of rotatable bonds is 2. The van der Waals surface area contributed by atoms with Gasteiger partial charge in [-0.05, 0) is 38.8 Å². The van der Waals surface area contributed by atoms with E-state index in [0.717, 1.165) is 29.7 Å². The zero-order valence-corrected chi connectivity index (χ0v) is 9.82. The van der Waals surface area contributed by atoms with E-state index < -0.39 is 0 Å². The van der Waals surface area contributed by atoms with Crippen LogP contribution < -0.4 is 0 Å². The first kappa shape index (κ1) is 10.6. The first-order valence-electron chi connectivity index (χ1n) is 5.67. The summed E-state index contributed by atoms with van der Waals surface area (Å²) < 4.78 is 0. The van der Waals surface area contributed by atoms with Crippen LogP contribution in [0.4, 0.5) is 0 Å². The summed E-state index contributed by atoms with van der Waals surface area (Å²) in [4.78, 5) is 11.4. The quantitative estimate of drug-likeness (QED) is 0.739. The molecule has 3 nitrogen and oxygen atoms in total. The number of aromatic nitrogens is 2. The third-order valence-electron chi connectivity index (χ3n) is 2.90. The van der Waals surface area contributed by atoms with Crippen molar-refractivity contribution in [2.24, 2.45) is 5.92 Å². The van der Waals surface area contributed by atoms with Gasteiger partial charge in [0, 0.05) is 17.9 Å². The fourth-order valence-electron chi connectivity index (χ4n) is 2.24. The zero-order valence-electron chi connectivity index (χ0n) is 9.82. The van der Waals surface area contributed by atoms with Gasteiger partial charge in [-0.2, -0.15) is 0 Å². The van der Waals surface area contributed by atoms with E-state index in [1.54, 1.807) is 0 Å². The molecule has 0 amide bonds. The maximum atomic E-state index is 4.47. The molecule has 0 aliphatic carbocycles. The van der Waals surface area contributed by atoms with Gasteiger partial charge >= 0.3 is 0 Å². The van der Waals surface area contributed by atoms with Crippen molar-refractivity contribution in [3.63, 3.8) is 0 Å². The molecule has 1 aliphatic rings. The highest BCUT2D eigenvalue weighted by atomic mass is 15.2. The summed E-state index contributed by atoms with van der Waals surface area (Å²) in [6.07, 6.45) is 1.31. The van der Waals surface area contributed by atoms with Crippen LogP contribution in [-0.4, -0.2) is 28.0 Å². The molecule has 0 saturated carbocycles. The van der Waals surface area contributed by atoms with Crippen molar-refractivity contribution >= 4 is 0 Å². The van der Waals surface area contributed by atoms with E-state index >= 15 is 0 Å². The molecule has 0 spiro atoms. The Morgan fingerprint density at radius 3 is 2.53 bits per heavy atom. The summed E-state index contributed by atoms with van der Waals surface area (Å²) in [6.45, 7) is 9.67. The Balaban J connectivity index is 2.04. The van der Waals surface area contributed by atoms with Gasteiger partial charge in [0.15, 0.2) is 0 Å². The normalized spacial score (nSPS) is 22.2. The highest BCUT2D eigenvalue weighted by molar-refractivity contribution is 5.08. The number of hydrogen-bond acceptors (Lipinski definition) is 3. The second-order valence-electron chi connectivity index (χ2n) is 4.70. The average Bonchev–Trinajstić information content (AvgIpc) is 2.49. The number of nitrogens with zero attached hydrogens (tertiary/aromatic N) is 3. The summed E-state index contributed by atoms with van der Waals surface area (Å²) in [6, 6.07) is 2.02. The van der Waals surface area contributed by atoms with Crippen LogP contribution in [0.25, 0.3) is 0 Å². The highest BCUT2D eigenvalue weighted by Crippen LogP contribution is 2.16. The minimum Gasteiger partial charge on any atom is -0.296 e. The van der Waals surface area contributed by atoms with Crippen LogP contribution in [0.1, 0.15) is 30.6 Å². The summed E-state index contributed by atoms with van der Waals surface area (Å²) >= 11 is 0.